The molecule has 140 valence electrons. The van der Waals surface area contributed by atoms with Crippen LogP contribution < -0.4 is 16.4 Å². The summed E-state index contributed by atoms with van der Waals surface area (Å²) in [5, 5.41) is 12.0. The fourth-order valence-corrected chi connectivity index (χ4v) is 2.78. The van der Waals surface area contributed by atoms with Crippen LogP contribution in [0.3, 0.4) is 0 Å². The Morgan fingerprint density at radius 1 is 1.00 bits per heavy atom. The largest absolute Gasteiger partial charge is 0.423 e. The van der Waals surface area contributed by atoms with E-state index in [2.05, 4.69) is 5.32 Å². The van der Waals surface area contributed by atoms with Crippen molar-refractivity contribution in [1.29, 1.82) is 0 Å². The van der Waals surface area contributed by atoms with Crippen LogP contribution in [-0.2, 0) is 9.59 Å². The second-order valence-electron chi connectivity index (χ2n) is 6.31. The van der Waals surface area contributed by atoms with Gasteiger partial charge in [0.15, 0.2) is 0 Å². The molecule has 0 unspecified atom stereocenters. The number of benzene rings is 1. The Kier molecular flexibility index (Phi) is 7.35. The molecule has 0 saturated carbocycles. The molecule has 1 heterocycles. The Labute approximate surface area is 151 Å². The van der Waals surface area contributed by atoms with Crippen LogP contribution in [0.5, 0.6) is 0 Å². The van der Waals surface area contributed by atoms with Crippen molar-refractivity contribution in [3.63, 3.8) is 0 Å². The molecule has 0 aliphatic carbocycles. The number of anilines is 1. The molecule has 0 aliphatic rings. The van der Waals surface area contributed by atoms with Gasteiger partial charge in [0.2, 0.25) is 11.8 Å². The first-order valence-corrected chi connectivity index (χ1v) is 8.77. The monoisotopic (exact) mass is 360 g/mol. The number of hydroxylamine groups is 1. The van der Waals surface area contributed by atoms with Crippen LogP contribution >= 0.6 is 0 Å². The number of fused-ring (bicyclic) bond motifs is 1. The lowest BCUT2D eigenvalue weighted by atomic mass is 10.1. The lowest BCUT2D eigenvalue weighted by Crippen LogP contribution is -2.17. The van der Waals surface area contributed by atoms with Crippen molar-refractivity contribution < 1.29 is 19.2 Å². The average molecular weight is 360 g/mol. The Bertz CT molecular complexity index is 828. The maximum Gasteiger partial charge on any atom is 0.336 e. The molecular weight excluding hydrogens is 336 g/mol. The summed E-state index contributed by atoms with van der Waals surface area (Å²) in [6, 6.07) is 6.72. The number of hydrogen-bond acceptors (Lipinski definition) is 5. The summed E-state index contributed by atoms with van der Waals surface area (Å²) in [6.07, 6.45) is 4.94. The summed E-state index contributed by atoms with van der Waals surface area (Å²) in [5.41, 5.74) is 3.10. The molecule has 7 heteroatoms. The summed E-state index contributed by atoms with van der Waals surface area (Å²) in [6.45, 7) is 1.84. The van der Waals surface area contributed by atoms with Gasteiger partial charge in [-0.15, -0.1) is 0 Å². The third-order valence-electron chi connectivity index (χ3n) is 4.17. The van der Waals surface area contributed by atoms with E-state index in [1.807, 2.05) is 13.0 Å². The van der Waals surface area contributed by atoms with E-state index in [-0.39, 0.29) is 11.8 Å². The minimum atomic E-state index is -0.407. The molecule has 0 radical (unpaired) electrons. The molecule has 3 N–H and O–H groups in total. The standard InChI is InChI=1S/C19H24N2O5/c1-13-11-19(24)26-16-12-14(9-10-15(13)16)20-17(22)7-5-3-2-4-6-8-18(23)21-25/h9-12,25H,2-8H2,1H3,(H,20,22)(H,21,23). The molecule has 0 saturated heterocycles. The Hall–Kier alpha value is -2.67. The molecule has 7 nitrogen and oxygen atoms in total. The first-order valence-electron chi connectivity index (χ1n) is 8.77. The van der Waals surface area contributed by atoms with Crippen LogP contribution in [0.1, 0.15) is 50.5 Å². The minimum absolute atomic E-state index is 0.0843. The van der Waals surface area contributed by atoms with Crippen LogP contribution in [0.25, 0.3) is 11.0 Å². The van der Waals surface area contributed by atoms with E-state index in [1.165, 1.54) is 6.07 Å². The summed E-state index contributed by atoms with van der Waals surface area (Å²) >= 11 is 0. The topological polar surface area (TPSA) is 109 Å². The van der Waals surface area contributed by atoms with Gasteiger partial charge in [-0.2, -0.15) is 0 Å². The molecule has 0 fully saturated rings. The van der Waals surface area contributed by atoms with Gasteiger partial charge in [0.05, 0.1) is 0 Å². The smallest absolute Gasteiger partial charge is 0.336 e. The third kappa shape index (κ3) is 6.00. The average Bonchev–Trinajstić information content (AvgIpc) is 2.60. The van der Waals surface area contributed by atoms with Crippen LogP contribution in [0.15, 0.2) is 33.5 Å². The van der Waals surface area contributed by atoms with E-state index < -0.39 is 5.63 Å². The lowest BCUT2D eigenvalue weighted by Gasteiger charge is -2.07. The molecule has 2 aromatic rings. The highest BCUT2D eigenvalue weighted by Crippen LogP contribution is 2.21. The molecule has 0 bridgehead atoms. The number of carbonyl (C=O) groups is 2. The summed E-state index contributed by atoms with van der Waals surface area (Å²) in [7, 11) is 0. The molecule has 0 aliphatic heterocycles. The van der Waals surface area contributed by atoms with Crippen molar-refractivity contribution in [3.05, 3.63) is 40.2 Å². The Morgan fingerprint density at radius 3 is 2.35 bits per heavy atom. The molecule has 2 amide bonds. The number of nitrogens with one attached hydrogen (secondary N) is 2. The number of aryl methyl sites for hydroxylation is 1. The minimum Gasteiger partial charge on any atom is -0.423 e. The van der Waals surface area contributed by atoms with Gasteiger partial charge in [-0.3, -0.25) is 14.8 Å². The van der Waals surface area contributed by atoms with E-state index in [0.717, 1.165) is 43.1 Å². The van der Waals surface area contributed by atoms with Gasteiger partial charge in [-0.1, -0.05) is 19.3 Å². The molecule has 1 aromatic carbocycles. The highest BCUT2D eigenvalue weighted by molar-refractivity contribution is 5.93. The van der Waals surface area contributed by atoms with Crippen molar-refractivity contribution in [2.24, 2.45) is 0 Å². The second-order valence-corrected chi connectivity index (χ2v) is 6.31. The van der Waals surface area contributed by atoms with Gasteiger partial charge < -0.3 is 9.73 Å². The van der Waals surface area contributed by atoms with Crippen LogP contribution in [0, 0.1) is 6.92 Å². The van der Waals surface area contributed by atoms with E-state index in [4.69, 9.17) is 9.62 Å². The van der Waals surface area contributed by atoms with Gasteiger partial charge in [0.25, 0.3) is 0 Å². The second kappa shape index (κ2) is 9.72. The van der Waals surface area contributed by atoms with Crippen LogP contribution in [0.2, 0.25) is 0 Å². The zero-order valence-corrected chi connectivity index (χ0v) is 14.8. The quantitative estimate of drug-likeness (QED) is 0.275. The molecule has 2 rings (SSSR count). The van der Waals surface area contributed by atoms with E-state index in [0.29, 0.717) is 24.1 Å². The summed E-state index contributed by atoms with van der Waals surface area (Å²) < 4.78 is 5.17. The van der Waals surface area contributed by atoms with Crippen molar-refractivity contribution in [2.75, 3.05) is 5.32 Å². The van der Waals surface area contributed by atoms with Gasteiger partial charge in [-0.05, 0) is 37.5 Å². The van der Waals surface area contributed by atoms with Gasteiger partial charge >= 0.3 is 5.63 Å². The van der Waals surface area contributed by atoms with E-state index in [9.17, 15) is 14.4 Å². The van der Waals surface area contributed by atoms with Gasteiger partial charge in [0.1, 0.15) is 5.58 Å². The zero-order chi connectivity index (χ0) is 18.9. The maximum atomic E-state index is 12.0. The van der Waals surface area contributed by atoms with Crippen molar-refractivity contribution >= 4 is 28.5 Å². The highest BCUT2D eigenvalue weighted by atomic mass is 16.5. The number of carbonyl (C=O) groups excluding carboxylic acids is 2. The molecular formula is C19H24N2O5. The fourth-order valence-electron chi connectivity index (χ4n) is 2.78. The number of hydrogen-bond donors (Lipinski definition) is 3. The normalized spacial score (nSPS) is 10.7. The first kappa shape index (κ1) is 19.7. The zero-order valence-electron chi connectivity index (χ0n) is 14.8. The first-order chi connectivity index (χ1) is 12.5. The highest BCUT2D eigenvalue weighted by Gasteiger charge is 2.06. The van der Waals surface area contributed by atoms with Crippen LogP contribution in [-0.4, -0.2) is 17.0 Å². The van der Waals surface area contributed by atoms with E-state index in [1.54, 1.807) is 17.6 Å². The third-order valence-corrected chi connectivity index (χ3v) is 4.17. The maximum absolute atomic E-state index is 12.0. The van der Waals surface area contributed by atoms with Gasteiger partial charge in [-0.25, -0.2) is 10.3 Å². The SMILES string of the molecule is Cc1cc(=O)oc2cc(NC(=O)CCCCCCCC(=O)NO)ccc12. The van der Waals surface area contributed by atoms with Crippen LogP contribution in [0.4, 0.5) is 5.69 Å². The van der Waals surface area contributed by atoms with Crippen molar-refractivity contribution in [2.45, 2.75) is 51.9 Å². The summed E-state index contributed by atoms with van der Waals surface area (Å²) in [4.78, 5) is 34.3. The molecule has 26 heavy (non-hydrogen) atoms. The van der Waals surface area contributed by atoms with Crippen molar-refractivity contribution in [1.82, 2.24) is 5.48 Å². The Balaban J connectivity index is 1.73. The summed E-state index contributed by atoms with van der Waals surface area (Å²) in [5.74, 6) is -0.454. The number of rotatable bonds is 9. The van der Waals surface area contributed by atoms with Crippen molar-refractivity contribution in [3.8, 4) is 0 Å². The molecule has 1 aromatic heterocycles. The Morgan fingerprint density at radius 2 is 1.65 bits per heavy atom. The predicted octanol–water partition coefficient (Wildman–Crippen LogP) is 3.28. The van der Waals surface area contributed by atoms with E-state index >= 15 is 0 Å². The lowest BCUT2D eigenvalue weighted by molar-refractivity contribution is -0.129. The van der Waals surface area contributed by atoms with Gasteiger partial charge in [0, 0.05) is 36.0 Å². The molecule has 0 atom stereocenters. The molecule has 0 spiro atoms. The predicted molar refractivity (Wildman–Crippen MR) is 98.1 cm³/mol. The fraction of sp³-hybridized carbons (Fsp3) is 0.421. The number of amides is 2. The number of unbranched alkanes of at least 4 members (excludes halogenated alkanes) is 4.